The van der Waals surface area contributed by atoms with Gasteiger partial charge in [-0.15, -0.1) is 0 Å². The minimum atomic E-state index is -4.84. The van der Waals surface area contributed by atoms with Gasteiger partial charge in [-0.2, -0.15) is 26.3 Å². The molecule has 0 aromatic rings. The lowest BCUT2D eigenvalue weighted by atomic mass is 9.65. The first kappa shape index (κ1) is 20.2. The molecule has 25 heavy (non-hydrogen) atoms. The molecule has 0 heterocycles. The number of carbonyl (C=O) groups is 2. The zero-order valence-electron chi connectivity index (χ0n) is 13.9. The van der Waals surface area contributed by atoms with E-state index in [4.69, 9.17) is 0 Å². The molecule has 144 valence electrons. The average molecular weight is 372 g/mol. The third-order valence-electron chi connectivity index (χ3n) is 5.89. The maximum Gasteiger partial charge on any atom is 0.401 e. The maximum atomic E-state index is 13.5. The quantitative estimate of drug-likeness (QED) is 0.480. The summed E-state index contributed by atoms with van der Waals surface area (Å²) in [6, 6.07) is 0. The SMILES string of the molecule is O=C(CC(=O)C1(C(F)(F)F)CCCCC1)C1(C(F)(F)F)CCCCC1. The van der Waals surface area contributed by atoms with E-state index in [1.54, 1.807) is 0 Å². The minimum absolute atomic E-state index is 0.184. The molecule has 0 atom stereocenters. The lowest BCUT2D eigenvalue weighted by Gasteiger charge is -2.40. The highest BCUT2D eigenvalue weighted by molar-refractivity contribution is 6.04. The van der Waals surface area contributed by atoms with Crippen molar-refractivity contribution in [3.63, 3.8) is 0 Å². The summed E-state index contributed by atoms with van der Waals surface area (Å²) in [6.07, 6.45) is -10.9. The summed E-state index contributed by atoms with van der Waals surface area (Å²) in [5.74, 6) is -2.78. The molecule has 0 unspecified atom stereocenters. The number of rotatable bonds is 4. The third kappa shape index (κ3) is 3.58. The zero-order valence-corrected chi connectivity index (χ0v) is 13.9. The van der Waals surface area contributed by atoms with Gasteiger partial charge >= 0.3 is 12.4 Å². The van der Waals surface area contributed by atoms with Crippen LogP contribution in [-0.4, -0.2) is 23.9 Å². The fourth-order valence-corrected chi connectivity index (χ4v) is 4.24. The molecule has 0 N–H and O–H groups in total. The Morgan fingerprint density at radius 3 is 1.12 bits per heavy atom. The Morgan fingerprint density at radius 1 is 0.600 bits per heavy atom. The second-order valence-electron chi connectivity index (χ2n) is 7.30. The molecule has 0 amide bonds. The van der Waals surface area contributed by atoms with Crippen LogP contribution < -0.4 is 0 Å². The summed E-state index contributed by atoms with van der Waals surface area (Å²) < 4.78 is 81.1. The summed E-state index contributed by atoms with van der Waals surface area (Å²) in [5.41, 5.74) is -5.33. The first-order chi connectivity index (χ1) is 11.5. The van der Waals surface area contributed by atoms with Crippen LogP contribution in [0.5, 0.6) is 0 Å². The van der Waals surface area contributed by atoms with Gasteiger partial charge in [-0.25, -0.2) is 0 Å². The van der Waals surface area contributed by atoms with Crippen molar-refractivity contribution in [1.29, 1.82) is 0 Å². The van der Waals surface area contributed by atoms with Crippen LogP contribution in [0.4, 0.5) is 26.3 Å². The van der Waals surface area contributed by atoms with Crippen molar-refractivity contribution in [1.82, 2.24) is 0 Å². The number of Topliss-reactive ketones (excluding diaryl/α,β-unsaturated/α-hetero) is 2. The van der Waals surface area contributed by atoms with Crippen LogP contribution in [0.1, 0.15) is 70.6 Å². The second kappa shape index (κ2) is 6.91. The Morgan fingerprint density at radius 2 is 0.880 bits per heavy atom. The predicted molar refractivity (Wildman–Crippen MR) is 77.8 cm³/mol. The van der Waals surface area contributed by atoms with E-state index in [1.165, 1.54) is 0 Å². The second-order valence-corrected chi connectivity index (χ2v) is 7.30. The average Bonchev–Trinajstić information content (AvgIpc) is 2.54. The number of hydrogen-bond acceptors (Lipinski definition) is 2. The number of ketones is 2. The molecule has 2 fully saturated rings. The van der Waals surface area contributed by atoms with Crippen molar-refractivity contribution in [2.24, 2.45) is 10.8 Å². The van der Waals surface area contributed by atoms with E-state index in [9.17, 15) is 35.9 Å². The van der Waals surface area contributed by atoms with E-state index in [1.807, 2.05) is 0 Å². The molecule has 2 aliphatic rings. The molecule has 0 spiro atoms. The zero-order chi connectivity index (χ0) is 18.9. The van der Waals surface area contributed by atoms with E-state index >= 15 is 0 Å². The molecular weight excluding hydrogens is 350 g/mol. The van der Waals surface area contributed by atoms with Crippen LogP contribution in [0.2, 0.25) is 0 Å². The van der Waals surface area contributed by atoms with Gasteiger partial charge < -0.3 is 0 Å². The first-order valence-corrected chi connectivity index (χ1v) is 8.66. The molecule has 0 aromatic heterocycles. The van der Waals surface area contributed by atoms with Gasteiger partial charge in [0.2, 0.25) is 0 Å². The number of halogens is 6. The van der Waals surface area contributed by atoms with Gasteiger partial charge in [0.25, 0.3) is 0 Å². The fourth-order valence-electron chi connectivity index (χ4n) is 4.24. The molecule has 2 nitrogen and oxygen atoms in total. The van der Waals surface area contributed by atoms with Crippen LogP contribution in [0.15, 0.2) is 0 Å². The van der Waals surface area contributed by atoms with Crippen LogP contribution >= 0.6 is 0 Å². The highest BCUT2D eigenvalue weighted by atomic mass is 19.4. The Bertz CT molecular complexity index is 462. The van der Waals surface area contributed by atoms with Crippen LogP contribution in [0.3, 0.4) is 0 Å². The predicted octanol–water partition coefficient (Wildman–Crippen LogP) is 5.54. The van der Waals surface area contributed by atoms with Crippen LogP contribution in [-0.2, 0) is 9.59 Å². The van der Waals surface area contributed by atoms with Gasteiger partial charge in [0.15, 0.2) is 11.6 Å². The molecule has 8 heteroatoms. The van der Waals surface area contributed by atoms with Gasteiger partial charge in [-0.05, 0) is 25.7 Å². The Hall–Kier alpha value is -1.08. The van der Waals surface area contributed by atoms with E-state index in [0.29, 0.717) is 12.8 Å². The topological polar surface area (TPSA) is 34.1 Å². The normalized spacial score (nSPS) is 23.9. The summed E-state index contributed by atoms with van der Waals surface area (Å²) in [5, 5.41) is 0. The molecule has 2 rings (SSSR count). The van der Waals surface area contributed by atoms with Gasteiger partial charge in [-0.3, -0.25) is 9.59 Å². The van der Waals surface area contributed by atoms with E-state index in [0.717, 1.165) is 0 Å². The first-order valence-electron chi connectivity index (χ1n) is 8.66. The standard InChI is InChI=1S/C17H22F6O2/c18-16(19,20)14(7-3-1-4-8-14)12(24)11-13(25)15(17(21,22)23)9-5-2-6-10-15/h1-11H2. The Kier molecular flexibility index (Phi) is 5.59. The summed E-state index contributed by atoms with van der Waals surface area (Å²) in [6.45, 7) is 0. The fraction of sp³-hybridized carbons (Fsp3) is 0.882. The summed E-state index contributed by atoms with van der Waals surface area (Å²) in [4.78, 5) is 24.8. The van der Waals surface area contributed by atoms with Crippen LogP contribution in [0.25, 0.3) is 0 Å². The van der Waals surface area contributed by atoms with E-state index < -0.39 is 66.9 Å². The van der Waals surface area contributed by atoms with E-state index in [-0.39, 0.29) is 25.7 Å². The van der Waals surface area contributed by atoms with E-state index in [2.05, 4.69) is 0 Å². The number of alkyl halides is 6. The molecule has 0 radical (unpaired) electrons. The van der Waals surface area contributed by atoms with Crippen molar-refractivity contribution in [2.75, 3.05) is 0 Å². The molecule has 0 aliphatic heterocycles. The Balaban J connectivity index is 2.26. The Labute approximate surface area is 142 Å². The highest BCUT2D eigenvalue weighted by Gasteiger charge is 2.63. The van der Waals surface area contributed by atoms with Crippen molar-refractivity contribution in [2.45, 2.75) is 83.0 Å². The van der Waals surface area contributed by atoms with Crippen molar-refractivity contribution < 1.29 is 35.9 Å². The lowest BCUT2D eigenvalue weighted by Crippen LogP contribution is -2.51. The molecule has 2 aliphatic carbocycles. The van der Waals surface area contributed by atoms with Crippen molar-refractivity contribution >= 4 is 11.6 Å². The number of hydrogen-bond donors (Lipinski definition) is 0. The molecule has 0 saturated heterocycles. The van der Waals surface area contributed by atoms with Crippen LogP contribution in [0, 0.1) is 10.8 Å². The number of carbonyl (C=O) groups excluding carboxylic acids is 2. The minimum Gasteiger partial charge on any atom is -0.298 e. The maximum absolute atomic E-state index is 13.5. The molecule has 0 aromatic carbocycles. The smallest absolute Gasteiger partial charge is 0.298 e. The summed E-state index contributed by atoms with van der Waals surface area (Å²) in [7, 11) is 0. The summed E-state index contributed by atoms with van der Waals surface area (Å²) >= 11 is 0. The largest absolute Gasteiger partial charge is 0.401 e. The third-order valence-corrected chi connectivity index (χ3v) is 5.89. The van der Waals surface area contributed by atoms with Crippen molar-refractivity contribution in [3.8, 4) is 0 Å². The van der Waals surface area contributed by atoms with Gasteiger partial charge in [0.1, 0.15) is 10.8 Å². The van der Waals surface area contributed by atoms with Gasteiger partial charge in [-0.1, -0.05) is 38.5 Å². The van der Waals surface area contributed by atoms with Crippen molar-refractivity contribution in [3.05, 3.63) is 0 Å². The lowest BCUT2D eigenvalue weighted by molar-refractivity contribution is -0.233. The molecule has 2 saturated carbocycles. The molecular formula is C17H22F6O2. The highest BCUT2D eigenvalue weighted by Crippen LogP contribution is 2.53. The van der Waals surface area contributed by atoms with Gasteiger partial charge in [0.05, 0.1) is 6.42 Å². The molecule has 0 bridgehead atoms. The van der Waals surface area contributed by atoms with Gasteiger partial charge in [0, 0.05) is 0 Å². The monoisotopic (exact) mass is 372 g/mol.